The number of aromatic nitrogens is 5. The summed E-state index contributed by atoms with van der Waals surface area (Å²) in [5.74, 6) is 1.40. The van der Waals surface area contributed by atoms with Crippen molar-refractivity contribution in [1.29, 1.82) is 0 Å². The lowest BCUT2D eigenvalue weighted by Gasteiger charge is -2.47. The number of fused-ring (bicyclic) bond motifs is 1. The molecule has 5 heterocycles. The second-order valence-corrected chi connectivity index (χ2v) is 12.4. The third kappa shape index (κ3) is 4.63. The van der Waals surface area contributed by atoms with Crippen molar-refractivity contribution in [2.75, 3.05) is 49.0 Å². The summed E-state index contributed by atoms with van der Waals surface area (Å²) in [5, 5.41) is 8.51. The number of hydrogen-bond acceptors (Lipinski definition) is 9. The van der Waals surface area contributed by atoms with Gasteiger partial charge in [0.05, 0.1) is 24.8 Å². The Balaban J connectivity index is 1.20. The van der Waals surface area contributed by atoms with Gasteiger partial charge in [-0.05, 0) is 49.2 Å². The molecular weight excluding hydrogens is 476 g/mol. The van der Waals surface area contributed by atoms with E-state index in [-0.39, 0.29) is 0 Å². The zero-order valence-corrected chi connectivity index (χ0v) is 21.1. The summed E-state index contributed by atoms with van der Waals surface area (Å²) in [6.07, 6.45) is 8.96. The summed E-state index contributed by atoms with van der Waals surface area (Å²) in [5.41, 5.74) is 3.18. The Morgan fingerprint density at radius 3 is 2.50 bits per heavy atom. The van der Waals surface area contributed by atoms with E-state index >= 15 is 0 Å². The highest BCUT2D eigenvalue weighted by Gasteiger charge is 2.41. The third-order valence-corrected chi connectivity index (χ3v) is 7.31. The SMILES string of the molecule is CS(C)(=O)=Nc1cccc(-n2ncc3cnc(Nc4ccc(N5CCC6(CC5)COC6)cc4)nc32)n1. The van der Waals surface area contributed by atoms with Gasteiger partial charge in [0, 0.05) is 58.3 Å². The summed E-state index contributed by atoms with van der Waals surface area (Å²) in [6, 6.07) is 13.7. The minimum atomic E-state index is -2.32. The average Bonchev–Trinajstić information content (AvgIpc) is 3.26. The van der Waals surface area contributed by atoms with Crippen LogP contribution in [0.3, 0.4) is 0 Å². The Kier molecular flexibility index (Phi) is 5.60. The smallest absolute Gasteiger partial charge is 0.229 e. The summed E-state index contributed by atoms with van der Waals surface area (Å²) in [4.78, 5) is 16.1. The molecule has 1 aromatic carbocycles. The molecule has 2 saturated heterocycles. The monoisotopic (exact) mass is 504 g/mol. The lowest BCUT2D eigenvalue weighted by molar-refractivity contribution is -0.124. The first kappa shape index (κ1) is 22.9. The molecule has 2 aliphatic rings. The Hall–Kier alpha value is -3.57. The van der Waals surface area contributed by atoms with Crippen molar-refractivity contribution in [2.45, 2.75) is 12.8 Å². The predicted octanol–water partition coefficient (Wildman–Crippen LogP) is 3.93. The van der Waals surface area contributed by atoms with Crippen molar-refractivity contribution in [3.05, 3.63) is 54.9 Å². The third-order valence-electron chi connectivity index (χ3n) is 6.69. The van der Waals surface area contributed by atoms with Crippen LogP contribution in [0.15, 0.2) is 59.2 Å². The summed E-state index contributed by atoms with van der Waals surface area (Å²) >= 11 is 0. The number of nitrogens with one attached hydrogen (secondary N) is 1. The van der Waals surface area contributed by atoms with Gasteiger partial charge < -0.3 is 15.0 Å². The molecule has 10 nitrogen and oxygen atoms in total. The topological polar surface area (TPSA) is 110 Å². The Morgan fingerprint density at radius 2 is 1.81 bits per heavy atom. The predicted molar refractivity (Wildman–Crippen MR) is 141 cm³/mol. The normalized spacial score (nSPS) is 17.2. The molecule has 2 fully saturated rings. The van der Waals surface area contributed by atoms with Gasteiger partial charge >= 0.3 is 0 Å². The van der Waals surface area contributed by atoms with Gasteiger partial charge in [-0.15, -0.1) is 0 Å². The zero-order chi connectivity index (χ0) is 24.8. The standard InChI is InChI=1S/C25H28N8O2S/c1-36(2,34)31-21-4-3-5-22(29-21)33-23-18(15-27-33)14-26-24(30-23)28-19-6-8-20(9-7-19)32-12-10-25(11-13-32)16-35-17-25/h3-9,14-15H,10-13,16-17H2,1-2H3,(H,26,28,30). The minimum absolute atomic E-state index is 0.392. The van der Waals surface area contributed by atoms with Crippen LogP contribution in [-0.4, -0.2) is 67.8 Å². The molecule has 3 aromatic heterocycles. The van der Waals surface area contributed by atoms with Crippen LogP contribution >= 0.6 is 0 Å². The van der Waals surface area contributed by atoms with E-state index in [9.17, 15) is 4.21 Å². The van der Waals surface area contributed by atoms with Gasteiger partial charge in [-0.2, -0.15) is 19.1 Å². The highest BCUT2D eigenvalue weighted by atomic mass is 32.2. The van der Waals surface area contributed by atoms with E-state index in [1.54, 1.807) is 35.7 Å². The number of pyridine rings is 1. The Labute approximate surface area is 209 Å². The lowest BCUT2D eigenvalue weighted by Crippen LogP contribution is -2.50. The Bertz CT molecular complexity index is 1520. The van der Waals surface area contributed by atoms with E-state index < -0.39 is 9.73 Å². The highest BCUT2D eigenvalue weighted by Crippen LogP contribution is 2.39. The first-order valence-electron chi connectivity index (χ1n) is 11.9. The molecule has 0 aliphatic carbocycles. The first-order chi connectivity index (χ1) is 17.4. The van der Waals surface area contributed by atoms with Gasteiger partial charge in [-0.3, -0.25) is 0 Å². The fourth-order valence-electron chi connectivity index (χ4n) is 4.65. The first-order valence-corrected chi connectivity index (χ1v) is 14.2. The van der Waals surface area contributed by atoms with Crippen LogP contribution in [0, 0.1) is 5.41 Å². The van der Waals surface area contributed by atoms with Crippen LogP contribution in [0.5, 0.6) is 0 Å². The van der Waals surface area contributed by atoms with Crippen LogP contribution in [0.4, 0.5) is 23.1 Å². The molecule has 186 valence electrons. The van der Waals surface area contributed by atoms with Crippen LogP contribution in [0.1, 0.15) is 12.8 Å². The molecular formula is C25H28N8O2S. The maximum atomic E-state index is 12.1. The lowest BCUT2D eigenvalue weighted by atomic mass is 9.77. The number of rotatable bonds is 5. The Morgan fingerprint density at radius 1 is 1.03 bits per heavy atom. The molecule has 0 radical (unpaired) electrons. The van der Waals surface area contributed by atoms with E-state index in [1.807, 2.05) is 12.1 Å². The van der Waals surface area contributed by atoms with Gasteiger partial charge in [0.15, 0.2) is 17.3 Å². The van der Waals surface area contributed by atoms with Gasteiger partial charge in [-0.1, -0.05) is 6.07 Å². The second kappa shape index (κ2) is 8.82. The van der Waals surface area contributed by atoms with Gasteiger partial charge in [-0.25, -0.2) is 14.2 Å². The maximum absolute atomic E-state index is 12.1. The van der Waals surface area contributed by atoms with Crippen molar-refractivity contribution >= 4 is 43.9 Å². The molecule has 2 aliphatic heterocycles. The molecule has 0 bridgehead atoms. The number of anilines is 3. The fraction of sp³-hybridized carbons (Fsp3) is 0.360. The summed E-state index contributed by atoms with van der Waals surface area (Å²) < 4.78 is 23.3. The molecule has 0 saturated carbocycles. The van der Waals surface area contributed by atoms with Crippen molar-refractivity contribution in [3.8, 4) is 5.82 Å². The van der Waals surface area contributed by atoms with E-state index in [2.05, 4.69) is 58.9 Å². The van der Waals surface area contributed by atoms with Gasteiger partial charge in [0.25, 0.3) is 0 Å². The number of nitrogens with zero attached hydrogens (tertiary/aromatic N) is 7. The molecule has 1 N–H and O–H groups in total. The van der Waals surface area contributed by atoms with Crippen LogP contribution in [0.2, 0.25) is 0 Å². The molecule has 1 spiro atoms. The largest absolute Gasteiger partial charge is 0.380 e. The summed E-state index contributed by atoms with van der Waals surface area (Å²) in [6.45, 7) is 3.97. The van der Waals surface area contributed by atoms with Crippen LogP contribution in [0.25, 0.3) is 16.9 Å². The second-order valence-electron chi connectivity index (χ2n) is 9.81. The number of ether oxygens (including phenoxy) is 1. The zero-order valence-electron chi connectivity index (χ0n) is 20.3. The molecule has 11 heteroatoms. The quantitative estimate of drug-likeness (QED) is 0.435. The van der Waals surface area contributed by atoms with E-state index in [1.165, 1.54) is 18.5 Å². The number of hydrogen-bond donors (Lipinski definition) is 1. The van der Waals surface area contributed by atoms with Crippen molar-refractivity contribution in [3.63, 3.8) is 0 Å². The molecule has 0 unspecified atom stereocenters. The van der Waals surface area contributed by atoms with Crippen molar-refractivity contribution in [2.24, 2.45) is 9.78 Å². The van der Waals surface area contributed by atoms with Gasteiger partial charge in [0.2, 0.25) is 5.95 Å². The molecule has 4 aromatic rings. The average molecular weight is 505 g/mol. The van der Waals surface area contributed by atoms with E-state index in [4.69, 9.17) is 4.74 Å². The van der Waals surface area contributed by atoms with Crippen molar-refractivity contribution < 1.29 is 8.95 Å². The molecule has 0 amide bonds. The van der Waals surface area contributed by atoms with Crippen LogP contribution in [-0.2, 0) is 14.5 Å². The number of benzene rings is 1. The fourth-order valence-corrected chi connectivity index (χ4v) is 5.21. The summed E-state index contributed by atoms with van der Waals surface area (Å²) in [7, 11) is -2.32. The molecule has 0 atom stereocenters. The molecule has 6 rings (SSSR count). The van der Waals surface area contributed by atoms with Gasteiger partial charge in [0.1, 0.15) is 0 Å². The highest BCUT2D eigenvalue weighted by molar-refractivity contribution is 7.92. The molecule has 36 heavy (non-hydrogen) atoms. The van der Waals surface area contributed by atoms with E-state index in [0.29, 0.717) is 28.6 Å². The maximum Gasteiger partial charge on any atom is 0.229 e. The minimum Gasteiger partial charge on any atom is -0.380 e. The van der Waals surface area contributed by atoms with Crippen molar-refractivity contribution in [1.82, 2.24) is 24.7 Å². The number of piperidine rings is 1. The van der Waals surface area contributed by atoms with E-state index in [0.717, 1.165) is 37.4 Å². The van der Waals surface area contributed by atoms with Crippen LogP contribution < -0.4 is 10.2 Å².